The van der Waals surface area contributed by atoms with E-state index in [0.717, 1.165) is 12.8 Å². The highest BCUT2D eigenvalue weighted by Crippen LogP contribution is 2.73. The van der Waals surface area contributed by atoms with Crippen LogP contribution in [0.1, 0.15) is 47.0 Å². The standard InChI is InChI=1S/C22H31N4O4/c1-20(2)21(3)15-16(22(20,4)25-24-21)18-12-9-7-8-11(12)17(15)23-26(18)13(19(28)30-6)10-14(27)29-5/h10-12,15-18H,7-9H2,1-6H3/q+1/b13-10+/t11-,12+,15+,16-,17-,18+,21-,22+/m1/s1. The lowest BCUT2D eigenvalue weighted by atomic mass is 9.58. The predicted molar refractivity (Wildman–Crippen MR) is 106 cm³/mol. The summed E-state index contributed by atoms with van der Waals surface area (Å²) in [6.45, 7) is 9.01. The number of esters is 2. The van der Waals surface area contributed by atoms with E-state index < -0.39 is 11.9 Å². The van der Waals surface area contributed by atoms with E-state index >= 15 is 0 Å². The third-order valence-electron chi connectivity index (χ3n) is 9.56. The molecule has 8 atom stereocenters. The summed E-state index contributed by atoms with van der Waals surface area (Å²) in [5, 5.41) is 14.8. The molecule has 0 spiro atoms. The minimum atomic E-state index is -0.585. The summed E-state index contributed by atoms with van der Waals surface area (Å²) in [6.07, 6.45) is 4.66. The second kappa shape index (κ2) is 5.98. The molecule has 0 unspecified atom stereocenters. The number of methoxy groups -OCH3 is 2. The number of hydrogen-bond acceptors (Lipinski definition) is 7. The SMILES string of the molecule is COC(=O)/C=C(\C(=O)OC)[N+]1=N[C@@H]2[C@@H]3CCC[C@@H]3[C@H]1[C@H]1[C@@H]2[C@@]2(C)N=N[C@]1(C)C2(C)C. The number of azo groups is 3. The molecule has 6 rings (SSSR count). The van der Waals surface area contributed by atoms with Gasteiger partial charge in [-0.15, -0.1) is 0 Å². The van der Waals surface area contributed by atoms with Gasteiger partial charge in [-0.2, -0.15) is 10.2 Å². The average molecular weight is 416 g/mol. The molecule has 6 aliphatic rings. The monoisotopic (exact) mass is 415 g/mol. The van der Waals surface area contributed by atoms with Crippen LogP contribution in [0.2, 0.25) is 0 Å². The van der Waals surface area contributed by atoms with Crippen molar-refractivity contribution in [2.45, 2.75) is 70.1 Å². The third kappa shape index (κ3) is 2.03. The van der Waals surface area contributed by atoms with Gasteiger partial charge in [0.2, 0.25) is 0 Å². The van der Waals surface area contributed by atoms with Gasteiger partial charge >= 0.3 is 17.6 Å². The normalized spacial score (nSPS) is 47.0. The van der Waals surface area contributed by atoms with Gasteiger partial charge < -0.3 is 9.47 Å². The molecule has 162 valence electrons. The fourth-order valence-corrected chi connectivity index (χ4v) is 7.55. The Morgan fingerprint density at radius 3 is 2.23 bits per heavy atom. The van der Waals surface area contributed by atoms with Crippen molar-refractivity contribution in [2.24, 2.45) is 44.4 Å². The summed E-state index contributed by atoms with van der Waals surface area (Å²) < 4.78 is 11.7. The van der Waals surface area contributed by atoms with Gasteiger partial charge in [0.05, 0.1) is 31.2 Å². The predicted octanol–water partition coefficient (Wildman–Crippen LogP) is 3.12. The third-order valence-corrected chi connectivity index (χ3v) is 9.56. The Bertz CT molecular complexity index is 924. The molecule has 3 aliphatic carbocycles. The Kier molecular flexibility index (Phi) is 3.95. The van der Waals surface area contributed by atoms with Crippen molar-refractivity contribution in [2.75, 3.05) is 14.2 Å². The van der Waals surface area contributed by atoms with Gasteiger partial charge in [-0.3, -0.25) is 0 Å². The molecule has 0 saturated heterocycles. The van der Waals surface area contributed by atoms with Crippen LogP contribution in [0.25, 0.3) is 0 Å². The number of carbonyl (C=O) groups excluding carboxylic acids is 2. The van der Waals surface area contributed by atoms with Gasteiger partial charge in [-0.25, -0.2) is 9.59 Å². The van der Waals surface area contributed by atoms with Gasteiger partial charge in [0.15, 0.2) is 6.04 Å². The Balaban J connectivity index is 1.70. The summed E-state index contributed by atoms with van der Waals surface area (Å²) >= 11 is 0. The first kappa shape index (κ1) is 19.8. The number of carbonyl (C=O) groups is 2. The highest BCUT2D eigenvalue weighted by molar-refractivity contribution is 5.94. The molecule has 0 N–H and O–H groups in total. The van der Waals surface area contributed by atoms with E-state index in [1.165, 1.54) is 26.7 Å². The maximum atomic E-state index is 12.7. The van der Waals surface area contributed by atoms with Crippen LogP contribution in [0, 0.1) is 29.1 Å². The summed E-state index contributed by atoms with van der Waals surface area (Å²) in [7, 11) is 2.63. The molecule has 3 saturated carbocycles. The van der Waals surface area contributed by atoms with Crippen LogP contribution in [0.4, 0.5) is 0 Å². The van der Waals surface area contributed by atoms with Gasteiger partial charge in [0.1, 0.15) is 12.1 Å². The number of nitrogens with zero attached hydrogens (tertiary/aromatic N) is 4. The molecular formula is C22H31N4O4+. The molecule has 30 heavy (non-hydrogen) atoms. The second-order valence-electron chi connectivity index (χ2n) is 10.4. The van der Waals surface area contributed by atoms with E-state index in [4.69, 9.17) is 24.8 Å². The van der Waals surface area contributed by atoms with E-state index in [9.17, 15) is 9.59 Å². The highest BCUT2D eigenvalue weighted by atomic mass is 16.5. The molecule has 4 bridgehead atoms. The molecule has 0 amide bonds. The van der Waals surface area contributed by atoms with E-state index in [1.807, 2.05) is 4.70 Å². The first-order chi connectivity index (χ1) is 14.1. The van der Waals surface area contributed by atoms with Crippen LogP contribution in [0.15, 0.2) is 27.1 Å². The van der Waals surface area contributed by atoms with Crippen molar-refractivity contribution >= 4 is 11.9 Å². The molecule has 8 heteroatoms. The highest BCUT2D eigenvalue weighted by Gasteiger charge is 2.82. The average Bonchev–Trinajstić information content (AvgIpc) is 3.33. The molecule has 8 nitrogen and oxygen atoms in total. The lowest BCUT2D eigenvalue weighted by Crippen LogP contribution is -2.64. The molecule has 0 radical (unpaired) electrons. The fraction of sp³-hybridized carbons (Fsp3) is 0.818. The molecule has 3 fully saturated rings. The maximum absolute atomic E-state index is 12.7. The summed E-state index contributed by atoms with van der Waals surface area (Å²) in [5.74, 6) is 0.261. The summed E-state index contributed by atoms with van der Waals surface area (Å²) in [6, 6.07) is 0.0522. The van der Waals surface area contributed by atoms with Crippen molar-refractivity contribution in [1.29, 1.82) is 0 Å². The summed E-state index contributed by atoms with van der Waals surface area (Å²) in [4.78, 5) is 24.8. The molecule has 3 aliphatic heterocycles. The number of ether oxygens (including phenoxy) is 2. The van der Waals surface area contributed by atoms with Crippen molar-refractivity contribution in [3.63, 3.8) is 0 Å². The first-order valence-electron chi connectivity index (χ1n) is 10.9. The smallest absolute Gasteiger partial charge is 0.406 e. The fourth-order valence-electron chi connectivity index (χ4n) is 7.55. The van der Waals surface area contributed by atoms with Crippen molar-refractivity contribution in [1.82, 2.24) is 0 Å². The topological polar surface area (TPSA) is 92.7 Å². The van der Waals surface area contributed by atoms with Crippen LogP contribution in [0.5, 0.6) is 0 Å². The number of rotatable bonds is 3. The van der Waals surface area contributed by atoms with E-state index in [1.54, 1.807) is 0 Å². The van der Waals surface area contributed by atoms with E-state index in [-0.39, 0.29) is 46.1 Å². The lowest BCUT2D eigenvalue weighted by molar-refractivity contribution is -0.627. The lowest BCUT2D eigenvalue weighted by Gasteiger charge is -2.51. The Morgan fingerprint density at radius 2 is 1.60 bits per heavy atom. The quantitative estimate of drug-likeness (QED) is 0.402. The van der Waals surface area contributed by atoms with Gasteiger partial charge in [-0.1, -0.05) is 25.0 Å². The minimum Gasteiger partial charge on any atom is -0.466 e. The van der Waals surface area contributed by atoms with Gasteiger partial charge in [0, 0.05) is 17.3 Å². The van der Waals surface area contributed by atoms with E-state index in [0.29, 0.717) is 11.8 Å². The zero-order chi connectivity index (χ0) is 21.6. The Hall–Kier alpha value is -2.12. The maximum Gasteiger partial charge on any atom is 0.406 e. The van der Waals surface area contributed by atoms with Gasteiger partial charge in [-0.05, 0) is 37.7 Å². The second-order valence-corrected chi connectivity index (χ2v) is 10.4. The van der Waals surface area contributed by atoms with Crippen LogP contribution in [-0.2, 0) is 19.1 Å². The summed E-state index contributed by atoms with van der Waals surface area (Å²) in [5.41, 5.74) is -0.582. The molecule has 0 aromatic carbocycles. The van der Waals surface area contributed by atoms with Gasteiger partial charge in [0.25, 0.3) is 0 Å². The Labute approximate surface area is 176 Å². The van der Waals surface area contributed by atoms with Crippen LogP contribution in [-0.4, -0.2) is 54.0 Å². The molecular weight excluding hydrogens is 384 g/mol. The Morgan fingerprint density at radius 1 is 0.967 bits per heavy atom. The van der Waals surface area contributed by atoms with Crippen LogP contribution >= 0.6 is 0 Å². The van der Waals surface area contributed by atoms with Crippen molar-refractivity contribution < 1.29 is 23.8 Å². The largest absolute Gasteiger partial charge is 0.466 e. The van der Waals surface area contributed by atoms with Crippen LogP contribution in [0.3, 0.4) is 0 Å². The number of fused-ring (bicyclic) bond motifs is 2. The number of hydrogen-bond donors (Lipinski definition) is 0. The molecule has 0 aromatic heterocycles. The van der Waals surface area contributed by atoms with Crippen LogP contribution < -0.4 is 0 Å². The zero-order valence-corrected chi connectivity index (χ0v) is 18.6. The van der Waals surface area contributed by atoms with Crippen molar-refractivity contribution in [3.8, 4) is 0 Å². The molecule has 3 heterocycles. The zero-order valence-electron chi connectivity index (χ0n) is 18.6. The molecule has 0 aromatic rings. The van der Waals surface area contributed by atoms with E-state index in [2.05, 4.69) is 27.7 Å². The minimum absolute atomic E-state index is 0.00661. The van der Waals surface area contributed by atoms with Crippen molar-refractivity contribution in [3.05, 3.63) is 11.8 Å². The first-order valence-corrected chi connectivity index (χ1v) is 10.9.